The quantitative estimate of drug-likeness (QED) is 0.743. The van der Waals surface area contributed by atoms with Crippen LogP contribution < -0.4 is 10.1 Å². The maximum absolute atomic E-state index is 14.3. The summed E-state index contributed by atoms with van der Waals surface area (Å²) in [4.78, 5) is 0. The average molecular weight is 384 g/mol. The SMILES string of the molecule is Cl.Fc1ccc(F)c(-n2nc(OCC3CCNC3)c3c(F)cccc32)c1. The number of rotatable bonds is 4. The molecule has 1 unspecified atom stereocenters. The van der Waals surface area contributed by atoms with E-state index in [1.54, 1.807) is 6.07 Å². The van der Waals surface area contributed by atoms with E-state index < -0.39 is 17.5 Å². The number of hydrogen-bond donors (Lipinski definition) is 1. The number of ether oxygens (including phenoxy) is 1. The van der Waals surface area contributed by atoms with Crippen molar-refractivity contribution in [2.24, 2.45) is 5.92 Å². The van der Waals surface area contributed by atoms with Gasteiger partial charge in [-0.15, -0.1) is 17.5 Å². The maximum atomic E-state index is 14.3. The van der Waals surface area contributed by atoms with Crippen LogP contribution >= 0.6 is 12.4 Å². The number of benzene rings is 2. The third kappa shape index (κ3) is 3.37. The smallest absolute Gasteiger partial charge is 0.244 e. The van der Waals surface area contributed by atoms with Crippen LogP contribution in [0.4, 0.5) is 13.2 Å². The van der Waals surface area contributed by atoms with Crippen molar-refractivity contribution in [2.75, 3.05) is 19.7 Å². The molecule has 0 amide bonds. The molecule has 3 aromatic rings. The van der Waals surface area contributed by atoms with Gasteiger partial charge in [-0.1, -0.05) is 6.07 Å². The van der Waals surface area contributed by atoms with Crippen LogP contribution in [-0.2, 0) is 0 Å². The van der Waals surface area contributed by atoms with Gasteiger partial charge in [-0.05, 0) is 37.2 Å². The van der Waals surface area contributed by atoms with Crippen molar-refractivity contribution in [3.05, 3.63) is 53.8 Å². The van der Waals surface area contributed by atoms with Gasteiger partial charge in [0.1, 0.15) is 23.1 Å². The molecule has 138 valence electrons. The Kier molecular flexibility index (Phi) is 5.38. The summed E-state index contributed by atoms with van der Waals surface area (Å²) in [5.41, 5.74) is 0.233. The fraction of sp³-hybridized carbons (Fsp3) is 0.278. The first-order valence-corrected chi connectivity index (χ1v) is 8.09. The minimum Gasteiger partial charge on any atom is -0.476 e. The molecule has 0 bridgehead atoms. The van der Waals surface area contributed by atoms with Crippen molar-refractivity contribution in [3.63, 3.8) is 0 Å². The number of nitrogens with one attached hydrogen (secondary N) is 1. The Morgan fingerprint density at radius 2 is 2.00 bits per heavy atom. The van der Waals surface area contributed by atoms with E-state index in [1.807, 2.05) is 0 Å². The Hall–Kier alpha value is -2.25. The van der Waals surface area contributed by atoms with Crippen LogP contribution in [0.1, 0.15) is 6.42 Å². The summed E-state index contributed by atoms with van der Waals surface area (Å²) in [6.45, 7) is 2.14. The van der Waals surface area contributed by atoms with Gasteiger partial charge in [-0.3, -0.25) is 0 Å². The number of halogens is 4. The summed E-state index contributed by atoms with van der Waals surface area (Å²) >= 11 is 0. The zero-order valence-corrected chi connectivity index (χ0v) is 14.5. The lowest BCUT2D eigenvalue weighted by Gasteiger charge is -2.08. The summed E-state index contributed by atoms with van der Waals surface area (Å²) in [6, 6.07) is 7.45. The molecule has 1 aliphatic heterocycles. The average Bonchev–Trinajstić information content (AvgIpc) is 3.23. The number of hydrogen-bond acceptors (Lipinski definition) is 3. The minimum absolute atomic E-state index is 0. The first-order chi connectivity index (χ1) is 12.1. The van der Waals surface area contributed by atoms with Gasteiger partial charge in [-0.2, -0.15) is 0 Å². The zero-order valence-electron chi connectivity index (χ0n) is 13.7. The van der Waals surface area contributed by atoms with Gasteiger partial charge in [-0.25, -0.2) is 17.9 Å². The molecule has 8 heteroatoms. The lowest BCUT2D eigenvalue weighted by molar-refractivity contribution is 0.251. The van der Waals surface area contributed by atoms with Crippen LogP contribution in [0.15, 0.2) is 36.4 Å². The van der Waals surface area contributed by atoms with Crippen molar-refractivity contribution in [1.82, 2.24) is 15.1 Å². The lowest BCUT2D eigenvalue weighted by Crippen LogP contribution is -2.15. The highest BCUT2D eigenvalue weighted by atomic mass is 35.5. The first-order valence-electron chi connectivity index (χ1n) is 8.09. The van der Waals surface area contributed by atoms with Gasteiger partial charge in [0, 0.05) is 18.5 Å². The van der Waals surface area contributed by atoms with Gasteiger partial charge in [0.25, 0.3) is 0 Å². The number of aromatic nitrogens is 2. The highest BCUT2D eigenvalue weighted by molar-refractivity contribution is 5.86. The summed E-state index contributed by atoms with van der Waals surface area (Å²) in [5, 5.41) is 7.61. The van der Waals surface area contributed by atoms with Crippen LogP contribution in [-0.4, -0.2) is 29.5 Å². The van der Waals surface area contributed by atoms with E-state index in [4.69, 9.17) is 4.74 Å². The Morgan fingerprint density at radius 1 is 1.15 bits per heavy atom. The Balaban J connectivity index is 0.00000196. The summed E-state index contributed by atoms with van der Waals surface area (Å²) in [7, 11) is 0. The van der Waals surface area contributed by atoms with E-state index in [2.05, 4.69) is 10.4 Å². The summed E-state index contributed by atoms with van der Waals surface area (Å²) in [6.07, 6.45) is 0.972. The second-order valence-electron chi connectivity index (χ2n) is 6.12. The molecule has 1 aliphatic rings. The third-order valence-electron chi connectivity index (χ3n) is 4.38. The zero-order chi connectivity index (χ0) is 17.4. The van der Waals surface area contributed by atoms with Crippen molar-refractivity contribution < 1.29 is 17.9 Å². The van der Waals surface area contributed by atoms with Crippen molar-refractivity contribution in [3.8, 4) is 11.6 Å². The Labute approximate surface area is 154 Å². The molecule has 2 aromatic carbocycles. The van der Waals surface area contributed by atoms with E-state index in [0.717, 1.165) is 37.7 Å². The van der Waals surface area contributed by atoms with E-state index >= 15 is 0 Å². The third-order valence-corrected chi connectivity index (χ3v) is 4.38. The molecule has 1 saturated heterocycles. The predicted octanol–water partition coefficient (Wildman–Crippen LogP) is 3.85. The standard InChI is InChI=1S/C18H16F3N3O.ClH/c19-12-4-5-13(20)16(8-12)24-15-3-1-2-14(21)17(15)18(23-24)25-10-11-6-7-22-9-11;/h1-5,8,11,22H,6-7,9-10H2;1H. The van der Waals surface area contributed by atoms with Crippen LogP contribution in [0.3, 0.4) is 0 Å². The Bertz CT molecular complexity index is 925. The maximum Gasteiger partial charge on any atom is 0.244 e. The fourth-order valence-electron chi connectivity index (χ4n) is 3.08. The molecule has 1 aromatic heterocycles. The molecule has 1 N–H and O–H groups in total. The van der Waals surface area contributed by atoms with E-state index in [-0.39, 0.29) is 29.4 Å². The van der Waals surface area contributed by atoms with E-state index in [1.165, 1.54) is 16.8 Å². The molecule has 4 rings (SSSR count). The summed E-state index contributed by atoms with van der Waals surface area (Å²) < 4.78 is 49.0. The van der Waals surface area contributed by atoms with Crippen LogP contribution in [0.2, 0.25) is 0 Å². The van der Waals surface area contributed by atoms with E-state index in [0.29, 0.717) is 18.0 Å². The van der Waals surface area contributed by atoms with Crippen LogP contribution in [0.5, 0.6) is 5.88 Å². The van der Waals surface area contributed by atoms with Gasteiger partial charge < -0.3 is 10.1 Å². The highest BCUT2D eigenvalue weighted by Crippen LogP contribution is 2.31. The Morgan fingerprint density at radius 3 is 2.77 bits per heavy atom. The minimum atomic E-state index is -0.651. The van der Waals surface area contributed by atoms with Crippen LogP contribution in [0, 0.1) is 23.4 Å². The second-order valence-corrected chi connectivity index (χ2v) is 6.12. The fourth-order valence-corrected chi connectivity index (χ4v) is 3.08. The molecule has 0 spiro atoms. The van der Waals surface area contributed by atoms with Crippen molar-refractivity contribution in [2.45, 2.75) is 6.42 Å². The monoisotopic (exact) mass is 383 g/mol. The molecule has 0 aliphatic carbocycles. The summed E-state index contributed by atoms with van der Waals surface area (Å²) in [5.74, 6) is -1.36. The van der Waals surface area contributed by atoms with Crippen LogP contribution in [0.25, 0.3) is 16.6 Å². The van der Waals surface area contributed by atoms with Crippen molar-refractivity contribution >= 4 is 23.3 Å². The second kappa shape index (κ2) is 7.55. The van der Waals surface area contributed by atoms with Gasteiger partial charge in [0.05, 0.1) is 17.5 Å². The lowest BCUT2D eigenvalue weighted by atomic mass is 10.1. The van der Waals surface area contributed by atoms with Gasteiger partial charge in [0.2, 0.25) is 5.88 Å². The van der Waals surface area contributed by atoms with Gasteiger partial charge in [0.15, 0.2) is 0 Å². The number of nitrogens with zero attached hydrogens (tertiary/aromatic N) is 2. The normalized spacial score (nSPS) is 16.7. The van der Waals surface area contributed by atoms with Gasteiger partial charge >= 0.3 is 0 Å². The molecule has 1 fully saturated rings. The molecule has 2 heterocycles. The molecular weight excluding hydrogens is 367 g/mol. The van der Waals surface area contributed by atoms with E-state index in [9.17, 15) is 13.2 Å². The molecule has 0 radical (unpaired) electrons. The molecule has 26 heavy (non-hydrogen) atoms. The molecule has 4 nitrogen and oxygen atoms in total. The topological polar surface area (TPSA) is 39.1 Å². The highest BCUT2D eigenvalue weighted by Gasteiger charge is 2.21. The number of fused-ring (bicyclic) bond motifs is 1. The molecule has 1 atom stereocenters. The largest absolute Gasteiger partial charge is 0.476 e. The van der Waals surface area contributed by atoms with Crippen molar-refractivity contribution in [1.29, 1.82) is 0 Å². The molecular formula is C18H17ClF3N3O. The predicted molar refractivity (Wildman–Crippen MR) is 94.7 cm³/mol. The first kappa shape index (κ1) is 18.5. The molecule has 0 saturated carbocycles.